The van der Waals surface area contributed by atoms with E-state index in [9.17, 15) is 14.4 Å². The molecular weight excluding hydrogens is 518 g/mol. The predicted octanol–water partition coefficient (Wildman–Crippen LogP) is 4.40. The largest absolute Gasteiger partial charge is 0.461 e. The summed E-state index contributed by atoms with van der Waals surface area (Å²) in [6.45, 7) is 3.12. The zero-order valence-electron chi connectivity index (χ0n) is 23.8. The molecule has 9 nitrogen and oxygen atoms in total. The number of nitrogens with zero attached hydrogens (tertiary/aromatic N) is 3. The van der Waals surface area contributed by atoms with Crippen LogP contribution in [0.2, 0.25) is 0 Å². The van der Waals surface area contributed by atoms with E-state index in [2.05, 4.69) is 20.7 Å². The lowest BCUT2D eigenvalue weighted by Gasteiger charge is -2.28. The molecule has 1 aliphatic rings. The van der Waals surface area contributed by atoms with Gasteiger partial charge in [-0.05, 0) is 69.2 Å². The Balaban J connectivity index is 1.43. The maximum Gasteiger partial charge on any atom is 0.354 e. The molecular formula is C32H37N5O4. The normalized spacial score (nSPS) is 14.7. The van der Waals surface area contributed by atoms with Gasteiger partial charge in [0.1, 0.15) is 5.71 Å². The Morgan fingerprint density at radius 2 is 1.56 bits per heavy atom. The van der Waals surface area contributed by atoms with Crippen LogP contribution >= 0.6 is 0 Å². The van der Waals surface area contributed by atoms with Gasteiger partial charge < -0.3 is 15.0 Å². The van der Waals surface area contributed by atoms with E-state index in [1.54, 1.807) is 6.92 Å². The lowest BCUT2D eigenvalue weighted by molar-refractivity contribution is -0.135. The molecule has 1 aliphatic heterocycles. The van der Waals surface area contributed by atoms with E-state index >= 15 is 0 Å². The van der Waals surface area contributed by atoms with Crippen molar-refractivity contribution in [3.05, 3.63) is 102 Å². The Hall–Kier alpha value is -4.50. The third kappa shape index (κ3) is 6.99. The molecule has 0 aromatic heterocycles. The van der Waals surface area contributed by atoms with Crippen LogP contribution in [0.5, 0.6) is 0 Å². The van der Waals surface area contributed by atoms with Gasteiger partial charge in [-0.1, -0.05) is 72.8 Å². The van der Waals surface area contributed by atoms with Gasteiger partial charge in [0.05, 0.1) is 12.3 Å². The highest BCUT2D eigenvalue weighted by Crippen LogP contribution is 2.36. The van der Waals surface area contributed by atoms with Gasteiger partial charge in [0, 0.05) is 13.0 Å². The lowest BCUT2D eigenvalue weighted by Crippen LogP contribution is -2.45. The number of esters is 1. The van der Waals surface area contributed by atoms with Gasteiger partial charge in [-0.2, -0.15) is 5.10 Å². The number of ether oxygens (including phenoxy) is 1. The Labute approximate surface area is 241 Å². The van der Waals surface area contributed by atoms with Crippen molar-refractivity contribution in [1.82, 2.24) is 15.1 Å². The highest BCUT2D eigenvalue weighted by Gasteiger charge is 2.53. The number of hydrogen-bond acceptors (Lipinski definition) is 7. The number of hydrogen-bond donors (Lipinski definition) is 2. The Bertz CT molecular complexity index is 1320. The Kier molecular flexibility index (Phi) is 9.86. The van der Waals surface area contributed by atoms with Crippen LogP contribution < -0.4 is 10.7 Å². The number of hydrazone groups is 1. The average Bonchev–Trinajstić information content (AvgIpc) is 3.24. The van der Waals surface area contributed by atoms with Crippen LogP contribution in [0.25, 0.3) is 0 Å². The molecule has 0 saturated carbocycles. The number of carbonyl (C=O) groups is 3. The van der Waals surface area contributed by atoms with Gasteiger partial charge in [-0.25, -0.2) is 9.59 Å². The monoisotopic (exact) mass is 555 g/mol. The van der Waals surface area contributed by atoms with E-state index in [1.165, 1.54) is 4.90 Å². The highest BCUT2D eigenvalue weighted by molar-refractivity contribution is 6.36. The molecule has 3 aromatic rings. The summed E-state index contributed by atoms with van der Waals surface area (Å²) in [6, 6.07) is 25.8. The van der Waals surface area contributed by atoms with E-state index in [1.807, 2.05) is 99.0 Å². The van der Waals surface area contributed by atoms with Crippen molar-refractivity contribution >= 4 is 29.3 Å². The molecule has 3 amide bonds. The first-order valence-corrected chi connectivity index (χ1v) is 13.8. The fraction of sp³-hybridized carbons (Fsp3) is 0.312. The topological polar surface area (TPSA) is 103 Å². The third-order valence-electron chi connectivity index (χ3n) is 6.95. The molecule has 0 atom stereocenters. The minimum Gasteiger partial charge on any atom is -0.461 e. The molecule has 41 heavy (non-hydrogen) atoms. The highest BCUT2D eigenvalue weighted by atomic mass is 16.5. The van der Waals surface area contributed by atoms with Crippen LogP contribution in [0.1, 0.15) is 36.5 Å². The molecule has 2 N–H and O–H groups in total. The standard InChI is InChI=1S/C32H37N5O4/c1-4-41-29(38)28(16-11-22-36(2)3)35-34-27-19-17-24(18-20-27)21-23-37-30(39)32(33-31(37)40,25-12-7-5-8-13-25)26-14-9-6-10-15-26/h5-10,12-15,17-20,34H,4,11,16,21-23H2,1-3H3,(H,33,40)/b35-28-. The number of anilines is 1. The Morgan fingerprint density at radius 3 is 2.12 bits per heavy atom. The number of carbonyl (C=O) groups excluding carboxylic acids is 3. The van der Waals surface area contributed by atoms with Crippen LogP contribution in [0.4, 0.5) is 10.5 Å². The fourth-order valence-electron chi connectivity index (χ4n) is 4.81. The fourth-order valence-corrected chi connectivity index (χ4v) is 4.81. The van der Waals surface area contributed by atoms with Gasteiger partial charge in [0.2, 0.25) is 0 Å². The second kappa shape index (κ2) is 13.7. The quantitative estimate of drug-likeness (QED) is 0.140. The predicted molar refractivity (Wildman–Crippen MR) is 160 cm³/mol. The van der Waals surface area contributed by atoms with Crippen molar-refractivity contribution in [3.8, 4) is 0 Å². The lowest BCUT2D eigenvalue weighted by atomic mass is 9.82. The van der Waals surface area contributed by atoms with Crippen molar-refractivity contribution in [1.29, 1.82) is 0 Å². The number of amides is 3. The summed E-state index contributed by atoms with van der Waals surface area (Å²) in [4.78, 5) is 42.6. The summed E-state index contributed by atoms with van der Waals surface area (Å²) >= 11 is 0. The minimum absolute atomic E-state index is 0.232. The number of urea groups is 1. The Morgan fingerprint density at radius 1 is 0.951 bits per heavy atom. The first kappa shape index (κ1) is 29.5. The van der Waals surface area contributed by atoms with E-state index < -0.39 is 17.5 Å². The van der Waals surface area contributed by atoms with Gasteiger partial charge in [-0.15, -0.1) is 0 Å². The summed E-state index contributed by atoms with van der Waals surface area (Å²) in [6.07, 6.45) is 1.77. The summed E-state index contributed by atoms with van der Waals surface area (Å²) in [5.41, 5.74) is 5.12. The summed E-state index contributed by atoms with van der Waals surface area (Å²) in [7, 11) is 3.96. The number of imide groups is 1. The van der Waals surface area contributed by atoms with Crippen molar-refractivity contribution in [3.63, 3.8) is 0 Å². The molecule has 0 aliphatic carbocycles. The molecule has 9 heteroatoms. The molecule has 214 valence electrons. The zero-order valence-corrected chi connectivity index (χ0v) is 23.8. The second-order valence-electron chi connectivity index (χ2n) is 10.1. The third-order valence-corrected chi connectivity index (χ3v) is 6.95. The van der Waals surface area contributed by atoms with E-state index in [0.29, 0.717) is 35.4 Å². The molecule has 0 spiro atoms. The number of benzene rings is 3. The van der Waals surface area contributed by atoms with Gasteiger partial charge in [0.15, 0.2) is 5.54 Å². The van der Waals surface area contributed by atoms with Crippen molar-refractivity contribution < 1.29 is 19.1 Å². The zero-order chi connectivity index (χ0) is 29.2. The molecule has 0 radical (unpaired) electrons. The van der Waals surface area contributed by atoms with Gasteiger partial charge >= 0.3 is 12.0 Å². The molecule has 3 aromatic carbocycles. The van der Waals surface area contributed by atoms with Crippen LogP contribution in [0, 0.1) is 0 Å². The summed E-state index contributed by atoms with van der Waals surface area (Å²) < 4.78 is 5.15. The molecule has 1 heterocycles. The second-order valence-corrected chi connectivity index (χ2v) is 10.1. The molecule has 1 saturated heterocycles. The summed E-state index contributed by atoms with van der Waals surface area (Å²) in [5, 5.41) is 7.29. The van der Waals surface area contributed by atoms with E-state index in [4.69, 9.17) is 4.74 Å². The maximum atomic E-state index is 13.9. The van der Waals surface area contributed by atoms with Crippen LogP contribution in [-0.4, -0.2) is 67.2 Å². The first-order chi connectivity index (χ1) is 19.8. The van der Waals surface area contributed by atoms with Crippen molar-refractivity contribution in [2.24, 2.45) is 5.10 Å². The number of nitrogens with one attached hydrogen (secondary N) is 2. The molecule has 1 fully saturated rings. The summed E-state index contributed by atoms with van der Waals surface area (Å²) in [5.74, 6) is -0.723. The average molecular weight is 556 g/mol. The van der Waals surface area contributed by atoms with Crippen LogP contribution in [0.15, 0.2) is 90.0 Å². The van der Waals surface area contributed by atoms with E-state index in [0.717, 1.165) is 18.5 Å². The number of rotatable bonds is 13. The first-order valence-electron chi connectivity index (χ1n) is 13.8. The van der Waals surface area contributed by atoms with Crippen molar-refractivity contribution in [2.75, 3.05) is 39.2 Å². The van der Waals surface area contributed by atoms with Gasteiger partial charge in [-0.3, -0.25) is 15.1 Å². The van der Waals surface area contributed by atoms with Gasteiger partial charge in [0.25, 0.3) is 5.91 Å². The van der Waals surface area contributed by atoms with E-state index in [-0.39, 0.29) is 19.1 Å². The molecule has 4 rings (SSSR count). The molecule has 0 unspecified atom stereocenters. The van der Waals surface area contributed by atoms with Crippen molar-refractivity contribution in [2.45, 2.75) is 31.7 Å². The van der Waals surface area contributed by atoms with Crippen LogP contribution in [-0.2, 0) is 26.3 Å². The maximum absolute atomic E-state index is 13.9. The smallest absolute Gasteiger partial charge is 0.354 e. The SMILES string of the molecule is CCOC(=O)/C(CCCN(C)C)=N\Nc1ccc(CCN2C(=O)NC(c3ccccc3)(c3ccccc3)C2=O)cc1. The minimum atomic E-state index is -1.27. The van der Waals surface area contributed by atoms with Crippen LogP contribution in [0.3, 0.4) is 0 Å². The molecule has 0 bridgehead atoms.